The van der Waals surface area contributed by atoms with Gasteiger partial charge in [-0.15, -0.1) is 0 Å². The third-order valence-electron chi connectivity index (χ3n) is 1.52. The minimum Gasteiger partial charge on any atom is -0.351 e. The van der Waals surface area contributed by atoms with Crippen LogP contribution in [0.4, 0.5) is 9.59 Å². The lowest BCUT2D eigenvalue weighted by atomic mass is 10.6. The van der Waals surface area contributed by atoms with Gasteiger partial charge in [0.25, 0.3) is 0 Å². The molecule has 0 aromatic rings. The predicted molar refractivity (Wildman–Crippen MR) is 62.0 cm³/mol. The summed E-state index contributed by atoms with van der Waals surface area (Å²) in [5, 5.41) is 2.81. The molecule has 0 aromatic heterocycles. The number of nitrogens with zero attached hydrogens (tertiary/aromatic N) is 2. The minimum absolute atomic E-state index is 0.302. The summed E-state index contributed by atoms with van der Waals surface area (Å²) in [4.78, 5) is 27.1. The second-order valence-corrected chi connectivity index (χ2v) is 3.29. The molecule has 0 heterocycles. The molecule has 0 radical (unpaired) electrons. The van der Waals surface area contributed by atoms with Crippen molar-refractivity contribution in [3.63, 3.8) is 0 Å². The summed E-state index contributed by atoms with van der Waals surface area (Å²) in [6.45, 7) is 4.42. The van der Waals surface area contributed by atoms with Gasteiger partial charge in [0.1, 0.15) is 0 Å². The molecule has 3 N–H and O–H groups in total. The first-order valence-electron chi connectivity index (χ1n) is 4.54. The van der Waals surface area contributed by atoms with E-state index in [2.05, 4.69) is 10.3 Å². The molecule has 6 nitrogen and oxygen atoms in total. The summed E-state index contributed by atoms with van der Waals surface area (Å²) in [6, 6.07) is -1.09. The minimum atomic E-state index is -0.616. The van der Waals surface area contributed by atoms with Crippen molar-refractivity contribution >= 4 is 29.0 Å². The molecule has 0 aliphatic heterocycles. The number of nitrogens with one attached hydrogen (secondary N) is 1. The highest BCUT2D eigenvalue weighted by Crippen LogP contribution is 2.05. The van der Waals surface area contributed by atoms with Gasteiger partial charge in [0.05, 0.1) is 0 Å². The van der Waals surface area contributed by atoms with Gasteiger partial charge in [-0.3, -0.25) is 4.90 Å². The highest BCUT2D eigenvalue weighted by Gasteiger charge is 2.14. The van der Waals surface area contributed by atoms with E-state index < -0.39 is 12.1 Å². The molecular formula is C8H16N4O2S. The Kier molecular flexibility index (Phi) is 6.52. The van der Waals surface area contributed by atoms with Crippen molar-refractivity contribution in [2.24, 2.45) is 10.7 Å². The average molecular weight is 232 g/mol. The maximum atomic E-state index is 11.2. The van der Waals surface area contributed by atoms with E-state index in [1.54, 1.807) is 20.1 Å². The molecule has 0 atom stereocenters. The number of amides is 4. The number of primary amides is 1. The summed E-state index contributed by atoms with van der Waals surface area (Å²) in [6.07, 6.45) is 1.73. The van der Waals surface area contributed by atoms with E-state index in [1.165, 1.54) is 16.7 Å². The molecule has 0 spiro atoms. The van der Waals surface area contributed by atoms with Gasteiger partial charge in [-0.25, -0.2) is 9.59 Å². The van der Waals surface area contributed by atoms with Gasteiger partial charge >= 0.3 is 12.1 Å². The van der Waals surface area contributed by atoms with Crippen LogP contribution in [0.15, 0.2) is 4.99 Å². The molecule has 0 saturated heterocycles. The highest BCUT2D eigenvalue weighted by atomic mass is 32.2. The molecule has 0 aromatic carbocycles. The average Bonchev–Trinajstić information content (AvgIpc) is 2.17. The SMILES string of the molecule is CCNC(=O)/N=C(\SC)N(CC)C(N)=O. The number of amidine groups is 1. The zero-order chi connectivity index (χ0) is 11.8. The predicted octanol–water partition coefficient (Wildman–Crippen LogP) is 0.836. The zero-order valence-electron chi connectivity index (χ0n) is 9.11. The van der Waals surface area contributed by atoms with Crippen LogP contribution in [0.5, 0.6) is 0 Å². The number of carbonyl (C=O) groups excluding carboxylic acids is 2. The smallest absolute Gasteiger partial charge is 0.343 e. The maximum absolute atomic E-state index is 11.2. The Labute approximate surface area is 93.3 Å². The van der Waals surface area contributed by atoms with Gasteiger partial charge in [0.2, 0.25) is 0 Å². The normalized spacial score (nSPS) is 11.0. The van der Waals surface area contributed by atoms with Crippen LogP contribution in [0.1, 0.15) is 13.8 Å². The fraction of sp³-hybridized carbons (Fsp3) is 0.625. The molecule has 4 amide bonds. The molecule has 0 bridgehead atoms. The topological polar surface area (TPSA) is 87.8 Å². The van der Waals surface area contributed by atoms with Crippen LogP contribution in [0.25, 0.3) is 0 Å². The van der Waals surface area contributed by atoms with E-state index >= 15 is 0 Å². The Bertz CT molecular complexity index is 267. The molecule has 0 fully saturated rings. The fourth-order valence-electron chi connectivity index (χ4n) is 0.879. The highest BCUT2D eigenvalue weighted by molar-refractivity contribution is 8.13. The third-order valence-corrected chi connectivity index (χ3v) is 2.20. The standard InChI is InChI=1S/C8H16N4O2S/c1-4-10-7(14)11-8(15-3)12(5-2)6(9)13/h4-5H2,1-3H3,(H2,9,13)(H,10,14)/b11-8-. The van der Waals surface area contributed by atoms with Crippen LogP contribution in [0.3, 0.4) is 0 Å². The molecule has 0 aliphatic rings. The molecule has 0 aliphatic carbocycles. The summed E-state index contributed by atoms with van der Waals surface area (Å²) in [7, 11) is 0. The van der Waals surface area contributed by atoms with Gasteiger partial charge in [0, 0.05) is 13.1 Å². The van der Waals surface area contributed by atoms with E-state index in [-0.39, 0.29) is 0 Å². The van der Waals surface area contributed by atoms with Crippen LogP contribution in [-0.4, -0.2) is 41.5 Å². The molecule has 0 unspecified atom stereocenters. The lowest BCUT2D eigenvalue weighted by molar-refractivity contribution is 0.232. The van der Waals surface area contributed by atoms with E-state index in [0.29, 0.717) is 18.3 Å². The van der Waals surface area contributed by atoms with Gasteiger partial charge in [-0.1, -0.05) is 11.8 Å². The second-order valence-electron chi connectivity index (χ2n) is 2.52. The van der Waals surface area contributed by atoms with Gasteiger partial charge in [0.15, 0.2) is 5.17 Å². The zero-order valence-corrected chi connectivity index (χ0v) is 9.93. The first-order valence-corrected chi connectivity index (χ1v) is 5.76. The first kappa shape index (κ1) is 13.8. The quantitative estimate of drug-likeness (QED) is 0.546. The Balaban J connectivity index is 4.71. The van der Waals surface area contributed by atoms with Crippen LogP contribution in [0, 0.1) is 0 Å². The number of nitrogens with two attached hydrogens (primary N) is 1. The number of carbonyl (C=O) groups is 2. The van der Waals surface area contributed by atoms with E-state index in [4.69, 9.17) is 5.73 Å². The van der Waals surface area contributed by atoms with Crippen molar-refractivity contribution in [3.05, 3.63) is 0 Å². The van der Waals surface area contributed by atoms with E-state index in [9.17, 15) is 9.59 Å². The fourth-order valence-corrected chi connectivity index (χ4v) is 1.49. The van der Waals surface area contributed by atoms with Crippen LogP contribution in [-0.2, 0) is 0 Å². The van der Waals surface area contributed by atoms with Crippen molar-refractivity contribution in [1.82, 2.24) is 10.2 Å². The van der Waals surface area contributed by atoms with Crippen molar-refractivity contribution < 1.29 is 9.59 Å². The number of aliphatic imine (C=N–C) groups is 1. The summed E-state index contributed by atoms with van der Waals surface area (Å²) >= 11 is 1.20. The Morgan fingerprint density at radius 2 is 2.07 bits per heavy atom. The molecule has 0 saturated carbocycles. The number of thioether (sulfide) groups is 1. The molecule has 15 heavy (non-hydrogen) atoms. The lowest BCUT2D eigenvalue weighted by Gasteiger charge is -2.18. The third kappa shape index (κ3) is 4.68. The number of hydrogen-bond donors (Lipinski definition) is 2. The van der Waals surface area contributed by atoms with Crippen LogP contribution >= 0.6 is 11.8 Å². The van der Waals surface area contributed by atoms with Gasteiger partial charge < -0.3 is 11.1 Å². The van der Waals surface area contributed by atoms with Crippen molar-refractivity contribution in [2.45, 2.75) is 13.8 Å². The van der Waals surface area contributed by atoms with Crippen molar-refractivity contribution in [2.75, 3.05) is 19.3 Å². The Morgan fingerprint density at radius 3 is 2.40 bits per heavy atom. The van der Waals surface area contributed by atoms with E-state index in [1.807, 2.05) is 0 Å². The Morgan fingerprint density at radius 1 is 1.47 bits per heavy atom. The molecule has 86 valence electrons. The molecular weight excluding hydrogens is 216 g/mol. The molecule has 7 heteroatoms. The monoisotopic (exact) mass is 232 g/mol. The van der Waals surface area contributed by atoms with E-state index in [0.717, 1.165) is 0 Å². The summed E-state index contributed by atoms with van der Waals surface area (Å²) in [5.74, 6) is 0. The first-order chi connectivity index (χ1) is 7.06. The molecule has 0 rings (SSSR count). The lowest BCUT2D eigenvalue weighted by Crippen LogP contribution is -2.40. The Hall–Kier alpha value is -1.24. The number of hydrogen-bond acceptors (Lipinski definition) is 3. The largest absolute Gasteiger partial charge is 0.351 e. The van der Waals surface area contributed by atoms with Crippen molar-refractivity contribution in [1.29, 1.82) is 0 Å². The van der Waals surface area contributed by atoms with Gasteiger partial charge in [-0.2, -0.15) is 4.99 Å². The van der Waals surface area contributed by atoms with Crippen molar-refractivity contribution in [3.8, 4) is 0 Å². The maximum Gasteiger partial charge on any atom is 0.343 e. The number of rotatable bonds is 2. The summed E-state index contributed by atoms with van der Waals surface area (Å²) < 4.78 is 0. The summed E-state index contributed by atoms with van der Waals surface area (Å²) in [5.41, 5.74) is 5.13. The second kappa shape index (κ2) is 7.10. The van der Waals surface area contributed by atoms with Crippen LogP contribution < -0.4 is 11.1 Å². The van der Waals surface area contributed by atoms with Crippen LogP contribution in [0.2, 0.25) is 0 Å². The van der Waals surface area contributed by atoms with Gasteiger partial charge in [-0.05, 0) is 20.1 Å². The number of urea groups is 2.